The zero-order valence-corrected chi connectivity index (χ0v) is 14.9. The van der Waals surface area contributed by atoms with E-state index in [9.17, 15) is 14.4 Å². The maximum Gasteiger partial charge on any atom is 0.336 e. The quantitative estimate of drug-likeness (QED) is 0.665. The Kier molecular flexibility index (Phi) is 6.77. The van der Waals surface area contributed by atoms with Crippen LogP contribution in [-0.2, 0) is 16.0 Å². The molecule has 26 heavy (non-hydrogen) atoms. The van der Waals surface area contributed by atoms with E-state index in [1.165, 1.54) is 6.07 Å². The van der Waals surface area contributed by atoms with Crippen molar-refractivity contribution in [2.75, 3.05) is 6.61 Å². The summed E-state index contributed by atoms with van der Waals surface area (Å²) < 4.78 is 10.6. The van der Waals surface area contributed by atoms with Crippen molar-refractivity contribution in [2.24, 2.45) is 0 Å². The summed E-state index contributed by atoms with van der Waals surface area (Å²) >= 11 is 0. The Hall–Kier alpha value is -2.83. The van der Waals surface area contributed by atoms with Crippen LogP contribution in [0.4, 0.5) is 0 Å². The van der Waals surface area contributed by atoms with Crippen LogP contribution in [0.3, 0.4) is 0 Å². The molecule has 1 aromatic heterocycles. The van der Waals surface area contributed by atoms with Gasteiger partial charge in [-0.25, -0.2) is 9.59 Å². The predicted octanol–water partition coefficient (Wildman–Crippen LogP) is 2.49. The van der Waals surface area contributed by atoms with Gasteiger partial charge in [0.1, 0.15) is 17.4 Å². The lowest BCUT2D eigenvalue weighted by atomic mass is 10.1. The third kappa shape index (κ3) is 5.08. The van der Waals surface area contributed by atoms with Crippen LogP contribution < -0.4 is 15.7 Å². The van der Waals surface area contributed by atoms with Gasteiger partial charge in [-0.1, -0.05) is 26.7 Å². The Morgan fingerprint density at radius 3 is 2.69 bits per heavy atom. The van der Waals surface area contributed by atoms with Gasteiger partial charge in [-0.2, -0.15) is 0 Å². The highest BCUT2D eigenvalue weighted by atomic mass is 16.5. The van der Waals surface area contributed by atoms with Crippen molar-refractivity contribution >= 4 is 22.8 Å². The van der Waals surface area contributed by atoms with Gasteiger partial charge in [0.15, 0.2) is 6.61 Å². The molecule has 140 valence electrons. The van der Waals surface area contributed by atoms with Crippen molar-refractivity contribution < 1.29 is 23.8 Å². The average Bonchev–Trinajstić information content (AvgIpc) is 2.62. The SMILES string of the molecule is CCCC[C@H](NC(=O)COc1ccc2c(CC)cc(=O)oc2c1)C(=O)O. The highest BCUT2D eigenvalue weighted by Gasteiger charge is 2.19. The summed E-state index contributed by atoms with van der Waals surface area (Å²) in [5, 5.41) is 12.4. The number of hydrogen-bond acceptors (Lipinski definition) is 5. The van der Waals surface area contributed by atoms with Gasteiger partial charge in [-0.05, 0) is 30.5 Å². The number of aryl methyl sites for hydroxylation is 1. The number of aliphatic carboxylic acids is 1. The van der Waals surface area contributed by atoms with Gasteiger partial charge >= 0.3 is 11.6 Å². The molecule has 0 saturated heterocycles. The van der Waals surface area contributed by atoms with Crippen molar-refractivity contribution in [3.05, 3.63) is 40.2 Å². The van der Waals surface area contributed by atoms with Gasteiger partial charge in [0.05, 0.1) is 0 Å². The molecule has 0 unspecified atom stereocenters. The molecule has 1 aromatic carbocycles. The fraction of sp³-hybridized carbons (Fsp3) is 0.421. The average molecular weight is 361 g/mol. The number of unbranched alkanes of at least 4 members (excludes halogenated alkanes) is 1. The number of carboxylic acids is 1. The summed E-state index contributed by atoms with van der Waals surface area (Å²) in [5.74, 6) is -1.21. The molecule has 0 saturated carbocycles. The number of carbonyl (C=O) groups is 2. The number of hydrogen-bond donors (Lipinski definition) is 2. The number of amides is 1. The van der Waals surface area contributed by atoms with Crippen molar-refractivity contribution in [3.8, 4) is 5.75 Å². The van der Waals surface area contributed by atoms with Crippen LogP contribution in [0.15, 0.2) is 33.5 Å². The minimum atomic E-state index is -1.06. The molecule has 1 amide bonds. The Morgan fingerprint density at radius 2 is 2.04 bits per heavy atom. The normalized spacial score (nSPS) is 11.9. The van der Waals surface area contributed by atoms with Crippen LogP contribution in [-0.4, -0.2) is 29.6 Å². The number of carbonyl (C=O) groups excluding carboxylic acids is 1. The van der Waals surface area contributed by atoms with Crippen LogP contribution in [0.25, 0.3) is 11.0 Å². The van der Waals surface area contributed by atoms with E-state index in [4.69, 9.17) is 14.3 Å². The molecule has 0 aliphatic rings. The molecule has 1 heterocycles. The third-order valence-corrected chi connectivity index (χ3v) is 4.03. The summed E-state index contributed by atoms with van der Waals surface area (Å²) in [6, 6.07) is 5.53. The van der Waals surface area contributed by atoms with Crippen LogP contribution in [0.5, 0.6) is 5.75 Å². The van der Waals surface area contributed by atoms with Crippen molar-refractivity contribution in [2.45, 2.75) is 45.6 Å². The Labute approximate surface area is 151 Å². The second-order valence-corrected chi connectivity index (χ2v) is 5.99. The molecule has 2 aromatic rings. The fourth-order valence-corrected chi connectivity index (χ4v) is 2.64. The molecular formula is C19H23NO6. The highest BCUT2D eigenvalue weighted by Crippen LogP contribution is 2.23. The summed E-state index contributed by atoms with van der Waals surface area (Å²) in [7, 11) is 0. The monoisotopic (exact) mass is 361 g/mol. The maximum absolute atomic E-state index is 11.9. The molecule has 2 rings (SSSR count). The zero-order valence-electron chi connectivity index (χ0n) is 14.9. The smallest absolute Gasteiger partial charge is 0.336 e. The Bertz CT molecular complexity index is 842. The van der Waals surface area contributed by atoms with E-state index in [0.717, 1.165) is 17.4 Å². The summed E-state index contributed by atoms with van der Waals surface area (Å²) in [6.07, 6.45) is 2.62. The lowest BCUT2D eigenvalue weighted by molar-refractivity contribution is -0.142. The van der Waals surface area contributed by atoms with Crippen molar-refractivity contribution in [1.82, 2.24) is 5.32 Å². The molecule has 7 heteroatoms. The zero-order chi connectivity index (χ0) is 19.1. The van der Waals surface area contributed by atoms with Gasteiger partial charge in [-0.3, -0.25) is 4.79 Å². The molecule has 0 aliphatic carbocycles. The molecule has 1 atom stereocenters. The molecule has 0 radical (unpaired) electrons. The molecular weight excluding hydrogens is 338 g/mol. The summed E-state index contributed by atoms with van der Waals surface area (Å²) in [4.78, 5) is 34.7. The van der Waals surface area contributed by atoms with Gasteiger partial charge in [-0.15, -0.1) is 0 Å². The lowest BCUT2D eigenvalue weighted by Gasteiger charge is -2.14. The fourth-order valence-electron chi connectivity index (χ4n) is 2.64. The second kappa shape index (κ2) is 9.03. The van der Waals surface area contributed by atoms with Gasteiger partial charge in [0.2, 0.25) is 0 Å². The predicted molar refractivity (Wildman–Crippen MR) is 96.4 cm³/mol. The third-order valence-electron chi connectivity index (χ3n) is 4.03. The Morgan fingerprint density at radius 1 is 1.27 bits per heavy atom. The van der Waals surface area contributed by atoms with Crippen LogP contribution in [0, 0.1) is 0 Å². The van der Waals surface area contributed by atoms with E-state index in [0.29, 0.717) is 30.6 Å². The number of benzene rings is 1. The largest absolute Gasteiger partial charge is 0.484 e. The minimum Gasteiger partial charge on any atom is -0.484 e. The summed E-state index contributed by atoms with van der Waals surface area (Å²) in [5.41, 5.74) is 0.823. The first-order valence-electron chi connectivity index (χ1n) is 8.66. The minimum absolute atomic E-state index is 0.320. The summed E-state index contributed by atoms with van der Waals surface area (Å²) in [6.45, 7) is 3.57. The maximum atomic E-state index is 11.9. The molecule has 0 spiro atoms. The number of fused-ring (bicyclic) bond motifs is 1. The van der Waals surface area contributed by atoms with E-state index in [-0.39, 0.29) is 6.61 Å². The van der Waals surface area contributed by atoms with Gasteiger partial charge < -0.3 is 19.6 Å². The van der Waals surface area contributed by atoms with E-state index in [1.807, 2.05) is 13.8 Å². The molecule has 0 aliphatic heterocycles. The first-order valence-corrected chi connectivity index (χ1v) is 8.66. The highest BCUT2D eigenvalue weighted by molar-refractivity contribution is 5.85. The lowest BCUT2D eigenvalue weighted by Crippen LogP contribution is -2.42. The number of rotatable bonds is 9. The number of ether oxygens (including phenoxy) is 1. The van der Waals surface area contributed by atoms with Crippen LogP contribution in [0.1, 0.15) is 38.7 Å². The topological polar surface area (TPSA) is 106 Å². The van der Waals surface area contributed by atoms with Crippen LogP contribution >= 0.6 is 0 Å². The Balaban J connectivity index is 2.03. The van der Waals surface area contributed by atoms with Crippen LogP contribution in [0.2, 0.25) is 0 Å². The number of nitrogens with one attached hydrogen (secondary N) is 1. The van der Waals surface area contributed by atoms with Gasteiger partial charge in [0.25, 0.3) is 5.91 Å². The molecule has 7 nitrogen and oxygen atoms in total. The van der Waals surface area contributed by atoms with E-state index >= 15 is 0 Å². The first kappa shape index (κ1) is 19.5. The second-order valence-electron chi connectivity index (χ2n) is 5.99. The van der Waals surface area contributed by atoms with E-state index in [1.54, 1.807) is 18.2 Å². The van der Waals surface area contributed by atoms with Crippen molar-refractivity contribution in [1.29, 1.82) is 0 Å². The van der Waals surface area contributed by atoms with Gasteiger partial charge in [0, 0.05) is 17.5 Å². The molecule has 0 fully saturated rings. The molecule has 2 N–H and O–H groups in total. The first-order chi connectivity index (χ1) is 12.4. The van der Waals surface area contributed by atoms with E-state index < -0.39 is 23.5 Å². The standard InChI is InChI=1S/C19H23NO6/c1-3-5-6-15(19(23)24)20-17(21)11-25-13-7-8-14-12(4-2)9-18(22)26-16(14)10-13/h7-10,15H,3-6,11H2,1-2H3,(H,20,21)(H,23,24)/t15-/m0/s1. The van der Waals surface area contributed by atoms with Crippen molar-refractivity contribution in [3.63, 3.8) is 0 Å². The number of carboxylic acid groups (broad SMARTS) is 1. The van der Waals surface area contributed by atoms with E-state index in [2.05, 4.69) is 5.32 Å². The molecule has 0 bridgehead atoms.